The van der Waals surface area contributed by atoms with Gasteiger partial charge >= 0.3 is 0 Å². The number of aliphatic hydroxyl groups is 1. The first-order valence-electron chi connectivity index (χ1n) is 7.22. The van der Waals surface area contributed by atoms with Gasteiger partial charge in [-0.2, -0.15) is 0 Å². The highest BCUT2D eigenvalue weighted by Crippen LogP contribution is 2.42. The zero-order valence-electron chi connectivity index (χ0n) is 12.0. The molecule has 0 aliphatic carbocycles. The smallest absolute Gasteiger partial charge is 0.240 e. The van der Waals surface area contributed by atoms with Crippen LogP contribution in [0.15, 0.2) is 23.1 Å². The molecular formula is C14H21N3O3S. The van der Waals surface area contributed by atoms with Crippen molar-refractivity contribution in [2.45, 2.75) is 48.8 Å². The Kier molecular flexibility index (Phi) is 3.59. The third-order valence-electron chi connectivity index (χ3n) is 4.57. The van der Waals surface area contributed by atoms with Crippen molar-refractivity contribution in [2.24, 2.45) is 0 Å². The van der Waals surface area contributed by atoms with E-state index in [1.54, 1.807) is 12.1 Å². The molecule has 2 heterocycles. The molecule has 2 aliphatic heterocycles. The molecule has 7 heteroatoms. The zero-order valence-corrected chi connectivity index (χ0v) is 12.8. The number of aliphatic hydroxyl groups excluding tert-OH is 1. The molecule has 3 rings (SSSR count). The number of hydrogen-bond acceptors (Lipinski definition) is 5. The molecule has 21 heavy (non-hydrogen) atoms. The Hall–Kier alpha value is -1.31. The first kappa shape index (κ1) is 14.6. The van der Waals surface area contributed by atoms with Crippen LogP contribution in [0.5, 0.6) is 0 Å². The molecular weight excluding hydrogens is 290 g/mol. The first-order valence-corrected chi connectivity index (χ1v) is 8.70. The van der Waals surface area contributed by atoms with Gasteiger partial charge in [0, 0.05) is 12.1 Å². The number of nitrogens with two attached hydrogens (primary N) is 1. The lowest BCUT2D eigenvalue weighted by Gasteiger charge is -2.39. The number of nitrogens with one attached hydrogen (secondary N) is 1. The van der Waals surface area contributed by atoms with Crippen molar-refractivity contribution in [1.82, 2.24) is 4.72 Å². The molecule has 6 nitrogen and oxygen atoms in total. The Balaban J connectivity index is 2.01. The van der Waals surface area contributed by atoms with Crippen LogP contribution >= 0.6 is 0 Å². The van der Waals surface area contributed by atoms with Gasteiger partial charge in [-0.25, -0.2) is 13.1 Å². The monoisotopic (exact) mass is 311 g/mol. The fourth-order valence-electron chi connectivity index (χ4n) is 3.57. The third kappa shape index (κ3) is 2.49. The van der Waals surface area contributed by atoms with Crippen molar-refractivity contribution >= 4 is 21.4 Å². The number of nitrogen functional groups attached to an aromatic ring is 1. The van der Waals surface area contributed by atoms with Gasteiger partial charge in [-0.05, 0) is 50.9 Å². The minimum atomic E-state index is -3.48. The van der Waals surface area contributed by atoms with E-state index in [0.717, 1.165) is 31.4 Å². The van der Waals surface area contributed by atoms with Crippen LogP contribution in [-0.2, 0) is 10.0 Å². The predicted octanol–water partition coefficient (Wildman–Crippen LogP) is 0.669. The molecule has 2 aliphatic rings. The van der Waals surface area contributed by atoms with Crippen molar-refractivity contribution < 1.29 is 13.5 Å². The molecule has 2 saturated heterocycles. The van der Waals surface area contributed by atoms with Crippen LogP contribution in [0.3, 0.4) is 0 Å². The van der Waals surface area contributed by atoms with Crippen LogP contribution in [-0.4, -0.2) is 38.8 Å². The SMILES string of the molecule is CNS(=O)(=O)c1ccc(N)c(N2C3CCC2CC(O)C3)c1. The molecule has 0 amide bonds. The maximum absolute atomic E-state index is 12.0. The van der Waals surface area contributed by atoms with Gasteiger partial charge in [-0.3, -0.25) is 0 Å². The number of fused-ring (bicyclic) bond motifs is 2. The van der Waals surface area contributed by atoms with E-state index in [9.17, 15) is 13.5 Å². The standard InChI is InChI=1S/C14H21N3O3S/c1-16-21(19,20)12-4-5-13(15)14(8-12)17-9-2-3-10(17)7-11(18)6-9/h4-5,8-11,16,18H,2-3,6-7,15H2,1H3. The molecule has 2 unspecified atom stereocenters. The Morgan fingerprint density at radius 3 is 2.48 bits per heavy atom. The van der Waals surface area contributed by atoms with Crippen LogP contribution in [0.1, 0.15) is 25.7 Å². The fraction of sp³-hybridized carbons (Fsp3) is 0.571. The minimum absolute atomic E-state index is 0.222. The van der Waals surface area contributed by atoms with Crippen LogP contribution in [0.25, 0.3) is 0 Å². The molecule has 2 bridgehead atoms. The Labute approximate surface area is 125 Å². The van der Waals surface area contributed by atoms with Crippen LogP contribution < -0.4 is 15.4 Å². The second-order valence-corrected chi connectivity index (χ2v) is 7.73. The third-order valence-corrected chi connectivity index (χ3v) is 5.98. The van der Waals surface area contributed by atoms with Crippen LogP contribution in [0.2, 0.25) is 0 Å². The summed E-state index contributed by atoms with van der Waals surface area (Å²) in [5.41, 5.74) is 7.42. The summed E-state index contributed by atoms with van der Waals surface area (Å²) in [7, 11) is -2.09. The summed E-state index contributed by atoms with van der Waals surface area (Å²) >= 11 is 0. The number of anilines is 2. The van der Waals surface area contributed by atoms with E-state index >= 15 is 0 Å². The van der Waals surface area contributed by atoms with Crippen molar-refractivity contribution in [3.8, 4) is 0 Å². The zero-order chi connectivity index (χ0) is 15.2. The number of nitrogens with zero attached hydrogens (tertiary/aromatic N) is 1. The average Bonchev–Trinajstić information content (AvgIpc) is 2.71. The van der Waals surface area contributed by atoms with Gasteiger partial charge in [0.1, 0.15) is 0 Å². The van der Waals surface area contributed by atoms with E-state index in [4.69, 9.17) is 5.73 Å². The van der Waals surface area contributed by atoms with Gasteiger partial charge in [-0.1, -0.05) is 0 Å². The summed E-state index contributed by atoms with van der Waals surface area (Å²) in [6, 6.07) is 5.29. The summed E-state index contributed by atoms with van der Waals surface area (Å²) < 4.78 is 26.3. The molecule has 0 aromatic heterocycles. The summed E-state index contributed by atoms with van der Waals surface area (Å²) in [6.07, 6.45) is 3.22. The topological polar surface area (TPSA) is 95.7 Å². The number of hydrogen-bond donors (Lipinski definition) is 3. The summed E-state index contributed by atoms with van der Waals surface area (Å²) in [4.78, 5) is 2.43. The van der Waals surface area contributed by atoms with Crippen LogP contribution in [0, 0.1) is 0 Å². The molecule has 0 radical (unpaired) electrons. The lowest BCUT2D eigenvalue weighted by atomic mass is 9.99. The molecule has 0 spiro atoms. The fourth-order valence-corrected chi connectivity index (χ4v) is 4.32. The predicted molar refractivity (Wildman–Crippen MR) is 81.6 cm³/mol. The Morgan fingerprint density at radius 1 is 1.29 bits per heavy atom. The molecule has 1 aromatic rings. The highest BCUT2D eigenvalue weighted by atomic mass is 32.2. The first-order chi connectivity index (χ1) is 9.92. The molecule has 4 N–H and O–H groups in total. The van der Waals surface area contributed by atoms with Crippen molar-refractivity contribution in [1.29, 1.82) is 0 Å². The van der Waals surface area contributed by atoms with E-state index in [-0.39, 0.29) is 23.1 Å². The molecule has 2 fully saturated rings. The summed E-state index contributed by atoms with van der Waals surface area (Å²) in [5.74, 6) is 0. The Morgan fingerprint density at radius 2 is 1.90 bits per heavy atom. The van der Waals surface area contributed by atoms with Gasteiger partial charge in [0.25, 0.3) is 0 Å². The van der Waals surface area contributed by atoms with E-state index < -0.39 is 10.0 Å². The largest absolute Gasteiger partial charge is 0.397 e. The normalized spacial score (nSPS) is 28.9. The van der Waals surface area contributed by atoms with Gasteiger partial charge in [0.2, 0.25) is 10.0 Å². The van der Waals surface area contributed by atoms with Crippen molar-refractivity contribution in [3.05, 3.63) is 18.2 Å². The lowest BCUT2D eigenvalue weighted by molar-refractivity contribution is 0.126. The molecule has 116 valence electrons. The molecule has 1 aromatic carbocycles. The molecule has 2 atom stereocenters. The number of rotatable bonds is 3. The number of piperidine rings is 1. The van der Waals surface area contributed by atoms with E-state index in [1.165, 1.54) is 13.1 Å². The second kappa shape index (κ2) is 5.15. The maximum Gasteiger partial charge on any atom is 0.240 e. The van der Waals surface area contributed by atoms with Crippen LogP contribution in [0.4, 0.5) is 11.4 Å². The summed E-state index contributed by atoms with van der Waals surface area (Å²) in [5, 5.41) is 9.88. The number of benzene rings is 1. The van der Waals surface area contributed by atoms with Gasteiger partial charge in [0.15, 0.2) is 0 Å². The Bertz CT molecular complexity index is 633. The average molecular weight is 311 g/mol. The van der Waals surface area contributed by atoms with Crippen molar-refractivity contribution in [3.63, 3.8) is 0 Å². The summed E-state index contributed by atoms with van der Waals surface area (Å²) in [6.45, 7) is 0. The van der Waals surface area contributed by atoms with E-state index in [2.05, 4.69) is 9.62 Å². The molecule has 0 saturated carbocycles. The quantitative estimate of drug-likeness (QED) is 0.713. The van der Waals surface area contributed by atoms with Gasteiger partial charge in [0.05, 0.1) is 22.4 Å². The minimum Gasteiger partial charge on any atom is -0.397 e. The van der Waals surface area contributed by atoms with Crippen molar-refractivity contribution in [2.75, 3.05) is 17.7 Å². The highest BCUT2D eigenvalue weighted by Gasteiger charge is 2.41. The van der Waals surface area contributed by atoms with E-state index in [1.807, 2.05) is 0 Å². The van der Waals surface area contributed by atoms with Gasteiger partial charge < -0.3 is 15.7 Å². The number of sulfonamides is 1. The highest BCUT2D eigenvalue weighted by molar-refractivity contribution is 7.89. The van der Waals surface area contributed by atoms with E-state index in [0.29, 0.717) is 5.69 Å². The van der Waals surface area contributed by atoms with Gasteiger partial charge in [-0.15, -0.1) is 0 Å². The maximum atomic E-state index is 12.0. The lowest BCUT2D eigenvalue weighted by Crippen LogP contribution is -2.45. The second-order valence-electron chi connectivity index (χ2n) is 5.85.